The van der Waals surface area contributed by atoms with Gasteiger partial charge in [0.2, 0.25) is 0 Å². The number of nitrogens with zero attached hydrogens (tertiary/aromatic N) is 3. The average molecular weight is 496 g/mol. The summed E-state index contributed by atoms with van der Waals surface area (Å²) in [7, 11) is 0. The third-order valence-corrected chi connectivity index (χ3v) is 5.30. The van der Waals surface area contributed by atoms with Gasteiger partial charge in [0, 0.05) is 18.5 Å². The lowest BCUT2D eigenvalue weighted by Gasteiger charge is -2.10. The quantitative estimate of drug-likeness (QED) is 0.444. The molecule has 0 fully saturated rings. The maximum Gasteiger partial charge on any atom is 0.405 e. The number of hydrogen-bond acceptors (Lipinski definition) is 5. The molecule has 0 radical (unpaired) electrons. The Morgan fingerprint density at radius 3 is 2.44 bits per heavy atom. The number of amides is 2. The molecule has 0 saturated heterocycles. The molecule has 2 aromatic carbocycles. The number of alkyl halides is 3. The topological polar surface area (TPSA) is 88.9 Å². The molecule has 2 amide bonds. The Labute approximate surface area is 196 Å². The Morgan fingerprint density at radius 1 is 1.06 bits per heavy atom. The van der Waals surface area contributed by atoms with Crippen LogP contribution in [-0.2, 0) is 13.0 Å². The fraction of sp³-hybridized carbons (Fsp3) is 0.273. The van der Waals surface area contributed by atoms with E-state index < -0.39 is 30.4 Å². The van der Waals surface area contributed by atoms with E-state index in [0.717, 1.165) is 0 Å². The van der Waals surface area contributed by atoms with Gasteiger partial charge in [0.15, 0.2) is 5.69 Å². The molecule has 0 bridgehead atoms. The normalized spacial score (nSPS) is 11.3. The first kappa shape index (κ1) is 25.2. The van der Waals surface area contributed by atoms with E-state index in [1.165, 1.54) is 41.1 Å². The summed E-state index contributed by atoms with van der Waals surface area (Å²) < 4.78 is 51.8. The third kappa shape index (κ3) is 6.80. The predicted molar refractivity (Wildman–Crippen MR) is 119 cm³/mol. The standard InChI is InChI=1S/C22H21F4N5O2S/c1-34-10-9-18-19(21(33)27-12-14-3-2-4-16(23)11-14)29-30-31(18)17-7-5-15(6-8-17)20(32)28-13-22(24,25)26/h2-8,11H,9-10,12-13H2,1H3,(H,27,33)(H,28,32). The van der Waals surface area contributed by atoms with Gasteiger partial charge in [0.25, 0.3) is 11.8 Å². The van der Waals surface area contributed by atoms with Crippen molar-refractivity contribution in [1.29, 1.82) is 0 Å². The van der Waals surface area contributed by atoms with Gasteiger partial charge in [-0.25, -0.2) is 9.07 Å². The highest BCUT2D eigenvalue weighted by Gasteiger charge is 2.28. The van der Waals surface area contributed by atoms with E-state index in [1.807, 2.05) is 11.6 Å². The first-order chi connectivity index (χ1) is 16.2. The summed E-state index contributed by atoms with van der Waals surface area (Å²) in [6, 6.07) is 11.6. The van der Waals surface area contributed by atoms with Gasteiger partial charge < -0.3 is 10.6 Å². The summed E-state index contributed by atoms with van der Waals surface area (Å²) in [6.45, 7) is -1.32. The zero-order valence-electron chi connectivity index (χ0n) is 18.0. The van der Waals surface area contributed by atoms with Crippen LogP contribution in [0.4, 0.5) is 17.6 Å². The van der Waals surface area contributed by atoms with Gasteiger partial charge in [-0.15, -0.1) is 5.10 Å². The number of rotatable bonds is 9. The van der Waals surface area contributed by atoms with Crippen molar-refractivity contribution in [1.82, 2.24) is 25.6 Å². The summed E-state index contributed by atoms with van der Waals surface area (Å²) in [5.74, 6) is -1.07. The molecule has 3 rings (SSSR count). The second-order valence-electron chi connectivity index (χ2n) is 7.20. The lowest BCUT2D eigenvalue weighted by molar-refractivity contribution is -0.123. The monoisotopic (exact) mass is 495 g/mol. The smallest absolute Gasteiger partial charge is 0.347 e. The van der Waals surface area contributed by atoms with Crippen molar-refractivity contribution in [3.63, 3.8) is 0 Å². The summed E-state index contributed by atoms with van der Waals surface area (Å²) >= 11 is 1.56. The number of hydrogen-bond donors (Lipinski definition) is 2. The SMILES string of the molecule is CSCCc1c(C(=O)NCc2cccc(F)c2)nnn1-c1ccc(C(=O)NCC(F)(F)F)cc1. The highest BCUT2D eigenvalue weighted by molar-refractivity contribution is 7.98. The van der Waals surface area contributed by atoms with Crippen LogP contribution in [0.1, 0.15) is 32.1 Å². The van der Waals surface area contributed by atoms with E-state index in [-0.39, 0.29) is 17.8 Å². The summed E-state index contributed by atoms with van der Waals surface area (Å²) in [5, 5.41) is 12.6. The zero-order valence-corrected chi connectivity index (χ0v) is 18.8. The second-order valence-corrected chi connectivity index (χ2v) is 8.18. The van der Waals surface area contributed by atoms with Crippen molar-refractivity contribution in [3.8, 4) is 5.69 Å². The summed E-state index contributed by atoms with van der Waals surface area (Å²) in [6.07, 6.45) is -2.13. The number of nitrogens with one attached hydrogen (secondary N) is 2. The minimum absolute atomic E-state index is 0.0480. The number of benzene rings is 2. The van der Waals surface area contributed by atoms with Crippen molar-refractivity contribution >= 4 is 23.6 Å². The fourth-order valence-electron chi connectivity index (χ4n) is 3.06. The van der Waals surface area contributed by atoms with Crippen molar-refractivity contribution < 1.29 is 27.2 Å². The van der Waals surface area contributed by atoms with Crippen LogP contribution in [-0.4, -0.2) is 51.5 Å². The Bertz CT molecular complexity index is 1150. The van der Waals surface area contributed by atoms with Crippen LogP contribution in [0.25, 0.3) is 5.69 Å². The lowest BCUT2D eigenvalue weighted by Crippen LogP contribution is -2.33. The molecule has 34 heavy (non-hydrogen) atoms. The van der Waals surface area contributed by atoms with Crippen LogP contribution in [0.15, 0.2) is 48.5 Å². The van der Waals surface area contributed by atoms with Crippen molar-refractivity contribution in [3.05, 3.63) is 76.9 Å². The molecule has 0 aliphatic rings. The third-order valence-electron chi connectivity index (χ3n) is 4.69. The largest absolute Gasteiger partial charge is 0.405 e. The van der Waals surface area contributed by atoms with Gasteiger partial charge in [-0.2, -0.15) is 24.9 Å². The molecule has 0 atom stereocenters. The van der Waals surface area contributed by atoms with Crippen LogP contribution >= 0.6 is 11.8 Å². The molecular weight excluding hydrogens is 474 g/mol. The average Bonchev–Trinajstić information content (AvgIpc) is 3.23. The molecule has 0 aliphatic heterocycles. The van der Waals surface area contributed by atoms with E-state index in [9.17, 15) is 27.2 Å². The van der Waals surface area contributed by atoms with E-state index in [4.69, 9.17) is 0 Å². The van der Waals surface area contributed by atoms with E-state index in [2.05, 4.69) is 15.6 Å². The molecule has 180 valence electrons. The number of aromatic nitrogens is 3. The Balaban J connectivity index is 1.77. The van der Waals surface area contributed by atoms with Crippen molar-refractivity contribution in [2.24, 2.45) is 0 Å². The molecule has 0 saturated carbocycles. The minimum atomic E-state index is -4.51. The molecular formula is C22H21F4N5O2S. The number of halogens is 4. The summed E-state index contributed by atoms with van der Waals surface area (Å²) in [5.41, 5.74) is 1.76. The number of carbonyl (C=O) groups is 2. The van der Waals surface area contributed by atoms with E-state index in [0.29, 0.717) is 29.1 Å². The van der Waals surface area contributed by atoms with E-state index in [1.54, 1.807) is 23.9 Å². The van der Waals surface area contributed by atoms with E-state index >= 15 is 0 Å². The van der Waals surface area contributed by atoms with Crippen LogP contribution in [0, 0.1) is 5.82 Å². The first-order valence-corrected chi connectivity index (χ1v) is 11.5. The Morgan fingerprint density at radius 2 is 1.79 bits per heavy atom. The molecule has 0 unspecified atom stereocenters. The van der Waals surface area contributed by atoms with Crippen LogP contribution < -0.4 is 10.6 Å². The Kier molecular flexibility index (Phi) is 8.26. The molecule has 0 aliphatic carbocycles. The maximum absolute atomic E-state index is 13.4. The highest BCUT2D eigenvalue weighted by Crippen LogP contribution is 2.17. The van der Waals surface area contributed by atoms with Gasteiger partial charge in [0.05, 0.1) is 11.4 Å². The minimum Gasteiger partial charge on any atom is -0.347 e. The zero-order chi connectivity index (χ0) is 24.7. The van der Waals surface area contributed by atoms with Crippen LogP contribution in [0.2, 0.25) is 0 Å². The van der Waals surface area contributed by atoms with Crippen molar-refractivity contribution in [2.45, 2.75) is 19.1 Å². The van der Waals surface area contributed by atoms with Crippen LogP contribution in [0.3, 0.4) is 0 Å². The van der Waals surface area contributed by atoms with Gasteiger partial charge in [0.1, 0.15) is 12.4 Å². The predicted octanol–water partition coefficient (Wildman–Crippen LogP) is 3.53. The molecule has 0 spiro atoms. The Hall–Kier alpha value is -3.41. The molecule has 1 heterocycles. The first-order valence-electron chi connectivity index (χ1n) is 10.1. The van der Waals surface area contributed by atoms with Gasteiger partial charge in [-0.05, 0) is 54.0 Å². The molecule has 3 aromatic rings. The number of thioether (sulfide) groups is 1. The van der Waals surface area contributed by atoms with Crippen LogP contribution in [0.5, 0.6) is 0 Å². The van der Waals surface area contributed by atoms with Gasteiger partial charge >= 0.3 is 6.18 Å². The highest BCUT2D eigenvalue weighted by atomic mass is 32.2. The van der Waals surface area contributed by atoms with Gasteiger partial charge in [-0.1, -0.05) is 17.3 Å². The fourth-order valence-corrected chi connectivity index (χ4v) is 3.46. The summed E-state index contributed by atoms with van der Waals surface area (Å²) in [4.78, 5) is 24.7. The van der Waals surface area contributed by atoms with Crippen molar-refractivity contribution in [2.75, 3.05) is 18.6 Å². The lowest BCUT2D eigenvalue weighted by atomic mass is 10.1. The second kappa shape index (κ2) is 11.1. The maximum atomic E-state index is 13.4. The number of carbonyl (C=O) groups excluding carboxylic acids is 2. The van der Waals surface area contributed by atoms with Gasteiger partial charge in [-0.3, -0.25) is 9.59 Å². The molecule has 1 aromatic heterocycles. The molecule has 12 heteroatoms. The molecule has 2 N–H and O–H groups in total. The molecule has 7 nitrogen and oxygen atoms in total.